The van der Waals surface area contributed by atoms with Crippen LogP contribution in [0, 0.1) is 5.41 Å². The van der Waals surface area contributed by atoms with Crippen LogP contribution in [-0.4, -0.2) is 45.3 Å². The second-order valence-electron chi connectivity index (χ2n) is 10.6. The van der Waals surface area contributed by atoms with E-state index in [2.05, 4.69) is 10.6 Å². The molecule has 0 saturated carbocycles. The molecule has 1 atom stereocenters. The summed E-state index contributed by atoms with van der Waals surface area (Å²) in [6, 6.07) is 1.34. The van der Waals surface area contributed by atoms with E-state index in [1.165, 1.54) is 34.3 Å². The largest absolute Gasteiger partial charge is 0.504 e. The monoisotopic (exact) mass is 569 g/mol. The van der Waals surface area contributed by atoms with Crippen LogP contribution < -0.4 is 35.6 Å². The highest BCUT2D eigenvalue weighted by atomic mass is 32.1. The lowest BCUT2D eigenvalue weighted by molar-refractivity contribution is -0.117. The fourth-order valence-electron chi connectivity index (χ4n) is 7.13. The molecule has 2 aliphatic rings. The van der Waals surface area contributed by atoms with Gasteiger partial charge in [-0.1, -0.05) is 11.6 Å². The number of carbonyl (C=O) groups excluding carboxylic acids is 1. The van der Waals surface area contributed by atoms with Gasteiger partial charge in [0, 0.05) is 62.6 Å². The summed E-state index contributed by atoms with van der Waals surface area (Å²) >= 11 is 4.75. The van der Waals surface area contributed by atoms with E-state index < -0.39 is 11.3 Å². The van der Waals surface area contributed by atoms with Crippen molar-refractivity contribution in [3.63, 3.8) is 0 Å². The summed E-state index contributed by atoms with van der Waals surface area (Å²) in [7, 11) is 4.41. The van der Waals surface area contributed by atoms with Crippen molar-refractivity contribution >= 4 is 79.0 Å². The van der Waals surface area contributed by atoms with E-state index in [1.54, 1.807) is 0 Å². The van der Waals surface area contributed by atoms with E-state index in [-0.39, 0.29) is 33.8 Å². The predicted octanol–water partition coefficient (Wildman–Crippen LogP) is 4.96. The number of benzene rings is 5. The maximum atomic E-state index is 13.7. The number of allylic oxidation sites excluding steroid dienone is 1. The highest BCUT2D eigenvalue weighted by molar-refractivity contribution is 7.80. The van der Waals surface area contributed by atoms with Crippen molar-refractivity contribution in [2.45, 2.75) is 24.7 Å². The number of hydrogen-bond donors (Lipinski definition) is 5. The van der Waals surface area contributed by atoms with Gasteiger partial charge in [0.1, 0.15) is 17.3 Å². The second kappa shape index (κ2) is 8.53. The summed E-state index contributed by atoms with van der Waals surface area (Å²) in [5.74, 6) is -0.530. The molecule has 5 aromatic rings. The Morgan fingerprint density at radius 1 is 0.927 bits per heavy atom. The van der Waals surface area contributed by atoms with Crippen molar-refractivity contribution in [3.8, 4) is 23.0 Å². The van der Waals surface area contributed by atoms with Crippen LogP contribution in [-0.2, 0) is 4.79 Å². The summed E-state index contributed by atoms with van der Waals surface area (Å²) < 4.78 is 17.5. The van der Waals surface area contributed by atoms with Gasteiger partial charge in [-0.15, -0.1) is 12.6 Å². The average molecular weight is 570 g/mol. The van der Waals surface area contributed by atoms with Crippen LogP contribution in [0.25, 0.3) is 49.2 Å². The normalized spacial score (nSPS) is 16.0. The fourth-order valence-corrected chi connectivity index (χ4v) is 7.45. The summed E-state index contributed by atoms with van der Waals surface area (Å²) in [6.45, 7) is 4.69. The Balaban J connectivity index is 2.03. The van der Waals surface area contributed by atoms with Gasteiger partial charge < -0.3 is 30.0 Å². The zero-order valence-electron chi connectivity index (χ0n) is 23.1. The van der Waals surface area contributed by atoms with E-state index >= 15 is 0 Å². The first-order valence-corrected chi connectivity index (χ1v) is 13.6. The van der Waals surface area contributed by atoms with E-state index in [1.807, 2.05) is 13.0 Å². The number of methoxy groups -OCH3 is 3. The number of ketones is 1. The van der Waals surface area contributed by atoms with E-state index in [4.69, 9.17) is 26.8 Å². The van der Waals surface area contributed by atoms with E-state index in [9.17, 15) is 20.1 Å². The minimum Gasteiger partial charge on any atom is -0.504 e. The summed E-state index contributed by atoms with van der Waals surface area (Å²) in [6.07, 6.45) is 1.99. The molecule has 9 nitrogen and oxygen atoms in total. The van der Waals surface area contributed by atoms with Crippen molar-refractivity contribution in [1.29, 1.82) is 5.41 Å². The van der Waals surface area contributed by atoms with Gasteiger partial charge >= 0.3 is 0 Å². The van der Waals surface area contributed by atoms with Crippen molar-refractivity contribution in [2.24, 2.45) is 0 Å². The molecular formula is C31H27N3O6S. The standard InChI is InChI=1S/C31H27N3O6S/c1-10-8-12-16-19-21-17(28(37)29(39-4)22(19)15(10)11(2)35)13(36)9-14(38-3)18(21)23-20(16)24(25(32)31(41)30(23)40-5)27-26(12)33-6-7-34-27/h8-9,15,32-34,37,41H,6-7H2,1-5H3. The van der Waals surface area contributed by atoms with Gasteiger partial charge in [-0.05, 0) is 19.2 Å². The number of carbonyl (C=O) groups is 1. The number of thiol groups is 1. The number of aromatic hydroxyl groups is 1. The van der Waals surface area contributed by atoms with Crippen LogP contribution >= 0.6 is 12.6 Å². The zero-order chi connectivity index (χ0) is 29.1. The number of rotatable bonds is 4. The zero-order valence-corrected chi connectivity index (χ0v) is 24.0. The Morgan fingerprint density at radius 2 is 1.59 bits per heavy atom. The molecule has 0 amide bonds. The average Bonchev–Trinajstić information content (AvgIpc) is 3.08. The van der Waals surface area contributed by atoms with Crippen molar-refractivity contribution < 1.29 is 24.1 Å². The Hall–Kier alpha value is -4.44. The highest BCUT2D eigenvalue weighted by Crippen LogP contribution is 2.58. The molecule has 0 bridgehead atoms. The van der Waals surface area contributed by atoms with Gasteiger partial charge in [0.15, 0.2) is 16.9 Å². The molecule has 5 aromatic carbocycles. The molecule has 1 heterocycles. The number of Topliss-reactive ketones (excluding diaryl/α,β-unsaturated/α-hetero) is 1. The lowest BCUT2D eigenvalue weighted by Gasteiger charge is -2.29. The topological polar surface area (TPSA) is 130 Å². The third kappa shape index (κ3) is 2.95. The number of fused-ring (bicyclic) bond motifs is 4. The first kappa shape index (κ1) is 25.5. The van der Waals surface area contributed by atoms with Gasteiger partial charge in [0.25, 0.3) is 0 Å². The minimum absolute atomic E-state index is 0.0597. The Morgan fingerprint density at radius 3 is 2.22 bits per heavy atom. The molecule has 0 fully saturated rings. The quantitative estimate of drug-likeness (QED) is 0.117. The van der Waals surface area contributed by atoms with Gasteiger partial charge in [0.05, 0.1) is 54.3 Å². The van der Waals surface area contributed by atoms with Crippen molar-refractivity contribution in [3.05, 3.63) is 38.3 Å². The van der Waals surface area contributed by atoms with Crippen LogP contribution in [0.1, 0.15) is 30.9 Å². The van der Waals surface area contributed by atoms with Gasteiger partial charge in [-0.3, -0.25) is 15.0 Å². The van der Waals surface area contributed by atoms with Crippen LogP contribution in [0.2, 0.25) is 0 Å². The highest BCUT2D eigenvalue weighted by Gasteiger charge is 2.37. The second-order valence-corrected chi connectivity index (χ2v) is 11.0. The molecule has 0 aromatic heterocycles. The molecule has 0 spiro atoms. The van der Waals surface area contributed by atoms with Gasteiger partial charge in [-0.25, -0.2) is 0 Å². The van der Waals surface area contributed by atoms with Crippen LogP contribution in [0.15, 0.2) is 21.3 Å². The summed E-state index contributed by atoms with van der Waals surface area (Å²) in [5.41, 5.74) is 3.14. The number of phenols is 1. The predicted molar refractivity (Wildman–Crippen MR) is 164 cm³/mol. The maximum Gasteiger partial charge on any atom is 0.194 e. The molecule has 7 rings (SSSR count). The van der Waals surface area contributed by atoms with Gasteiger partial charge in [0.2, 0.25) is 0 Å². The molecule has 0 radical (unpaired) electrons. The number of hydrogen-bond acceptors (Lipinski definition) is 10. The van der Waals surface area contributed by atoms with E-state index in [0.717, 1.165) is 27.9 Å². The van der Waals surface area contributed by atoms with Crippen molar-refractivity contribution in [2.75, 3.05) is 45.1 Å². The first-order chi connectivity index (χ1) is 19.7. The molecule has 10 heteroatoms. The molecule has 208 valence electrons. The SMILES string of the molecule is COc1c(O)c2c(=O)cc(OC)c3c4c(OC)c(S)c(=N)c5c6c(c7c(c(c1C(C(C)=O)C(C)=C7)c23)c54)NCCN6. The molecule has 4 N–H and O–H groups in total. The number of anilines is 2. The number of nitrogens with one attached hydrogen (secondary N) is 3. The molecule has 41 heavy (non-hydrogen) atoms. The Bertz CT molecular complexity index is 2170. The summed E-state index contributed by atoms with van der Waals surface area (Å²) in [5, 5.41) is 32.4. The third-order valence-electron chi connectivity index (χ3n) is 8.57. The number of ether oxygens (including phenoxy) is 3. The lowest BCUT2D eigenvalue weighted by atomic mass is 9.80. The van der Waals surface area contributed by atoms with Gasteiger partial charge in [-0.2, -0.15) is 0 Å². The fraction of sp³-hybridized carbons (Fsp3) is 0.258. The van der Waals surface area contributed by atoms with Crippen LogP contribution in [0.3, 0.4) is 0 Å². The van der Waals surface area contributed by atoms with Crippen LogP contribution in [0.4, 0.5) is 11.4 Å². The minimum atomic E-state index is -0.762. The summed E-state index contributed by atoms with van der Waals surface area (Å²) in [4.78, 5) is 27.4. The Kier molecular flexibility index (Phi) is 5.31. The van der Waals surface area contributed by atoms with Crippen molar-refractivity contribution in [1.82, 2.24) is 0 Å². The lowest BCUT2D eigenvalue weighted by Crippen LogP contribution is -2.23. The molecule has 1 unspecified atom stereocenters. The third-order valence-corrected chi connectivity index (χ3v) is 8.99. The smallest absolute Gasteiger partial charge is 0.194 e. The van der Waals surface area contributed by atoms with Crippen LogP contribution in [0.5, 0.6) is 23.0 Å². The van der Waals surface area contributed by atoms with E-state index in [0.29, 0.717) is 61.6 Å². The molecule has 1 aliphatic heterocycles. The molecule has 1 aliphatic carbocycles. The maximum absolute atomic E-state index is 13.7. The molecular weight excluding hydrogens is 542 g/mol. The number of phenolic OH excluding ortho intramolecular Hbond substituents is 1. The first-order valence-electron chi connectivity index (χ1n) is 13.2. The Labute approximate surface area is 239 Å². The molecule has 0 saturated heterocycles.